The topological polar surface area (TPSA) is 41.9 Å². The van der Waals surface area contributed by atoms with E-state index in [4.69, 9.17) is 4.42 Å². The number of aromatic nitrogens is 1. The van der Waals surface area contributed by atoms with Gasteiger partial charge in [0, 0.05) is 47.1 Å². The maximum Gasteiger partial charge on any atom is 0.135 e. The van der Waals surface area contributed by atoms with Crippen LogP contribution in [0.4, 0.5) is 0 Å². The van der Waals surface area contributed by atoms with Crippen LogP contribution in [-0.4, -0.2) is 4.57 Å². The molecule has 14 rings (SSSR count). The molecule has 0 aliphatic heterocycles. The Labute approximate surface area is 322 Å². The summed E-state index contributed by atoms with van der Waals surface area (Å²) in [5.41, 5.74) is 9.55. The van der Waals surface area contributed by atoms with Gasteiger partial charge >= 0.3 is 0 Å². The van der Waals surface area contributed by atoms with E-state index in [1.165, 1.54) is 108 Å². The second-order valence-corrected chi connectivity index (χ2v) is 18.2. The van der Waals surface area contributed by atoms with Crippen LogP contribution < -0.4 is 0 Å². The Morgan fingerprint density at radius 3 is 2.15 bits per heavy atom. The second kappa shape index (κ2) is 10.7. The summed E-state index contributed by atoms with van der Waals surface area (Å²) >= 11 is 1.92. The van der Waals surface area contributed by atoms with Crippen molar-refractivity contribution in [3.63, 3.8) is 0 Å². The largest absolute Gasteiger partial charge is 0.456 e. The number of fused-ring (bicyclic) bond motifs is 11. The minimum atomic E-state index is 0.159. The van der Waals surface area contributed by atoms with E-state index in [-0.39, 0.29) is 10.8 Å². The van der Waals surface area contributed by atoms with E-state index in [2.05, 4.69) is 126 Å². The lowest BCUT2D eigenvalue weighted by atomic mass is 9.41. The molecule has 7 aromatic carbocycles. The zero-order valence-corrected chi connectivity index (χ0v) is 31.1. The number of hydrogen-bond donors (Lipinski definition) is 0. The Hall–Kier alpha value is -5.89. The molecule has 0 N–H and O–H groups in total. The van der Waals surface area contributed by atoms with E-state index in [9.17, 15) is 5.26 Å². The lowest BCUT2D eigenvalue weighted by Crippen LogP contribution is -2.55. The van der Waals surface area contributed by atoms with E-state index in [0.717, 1.165) is 33.8 Å². The molecule has 0 amide bonds. The van der Waals surface area contributed by atoms with Gasteiger partial charge in [-0.25, -0.2) is 0 Å². The summed E-state index contributed by atoms with van der Waals surface area (Å²) < 4.78 is 11.5. The van der Waals surface area contributed by atoms with Crippen molar-refractivity contribution in [2.45, 2.75) is 49.4 Å². The summed E-state index contributed by atoms with van der Waals surface area (Å²) in [4.78, 5) is 0. The van der Waals surface area contributed by atoms with Crippen LogP contribution in [0.1, 0.15) is 55.2 Å². The third-order valence-electron chi connectivity index (χ3n) is 14.2. The van der Waals surface area contributed by atoms with Crippen LogP contribution in [0.15, 0.2) is 138 Å². The van der Waals surface area contributed by atoms with Gasteiger partial charge in [-0.05, 0) is 132 Å². The number of hydrogen-bond acceptors (Lipinski definition) is 3. The highest BCUT2D eigenvalue weighted by molar-refractivity contribution is 7.26. The number of thiophene rings is 1. The predicted octanol–water partition coefficient (Wildman–Crippen LogP) is 13.9. The molecule has 3 nitrogen and oxygen atoms in total. The second-order valence-electron chi connectivity index (χ2n) is 17.2. The van der Waals surface area contributed by atoms with E-state index in [1.54, 1.807) is 0 Å². The highest BCUT2D eigenvalue weighted by Gasteiger charge is 2.58. The zero-order chi connectivity index (χ0) is 36.0. The molecule has 2 atom stereocenters. The van der Waals surface area contributed by atoms with Gasteiger partial charge in [-0.15, -0.1) is 11.3 Å². The Morgan fingerprint density at radius 1 is 0.600 bits per heavy atom. The van der Waals surface area contributed by atoms with Crippen LogP contribution in [0.2, 0.25) is 0 Å². The van der Waals surface area contributed by atoms with E-state index in [1.807, 2.05) is 29.5 Å². The van der Waals surface area contributed by atoms with Gasteiger partial charge in [-0.1, -0.05) is 78.9 Å². The fraction of sp³-hybridized carbons (Fsp3) is 0.196. The number of nitrogens with zero attached hydrogens (tertiary/aromatic N) is 2. The molecule has 4 bridgehead atoms. The molecule has 55 heavy (non-hydrogen) atoms. The fourth-order valence-corrected chi connectivity index (χ4v) is 13.7. The van der Waals surface area contributed by atoms with Gasteiger partial charge < -0.3 is 8.98 Å². The van der Waals surface area contributed by atoms with Gasteiger partial charge in [-0.3, -0.25) is 0 Å². The molecular weight excluding hydrogens is 689 g/mol. The van der Waals surface area contributed by atoms with Crippen LogP contribution in [-0.2, 0) is 10.8 Å². The van der Waals surface area contributed by atoms with Gasteiger partial charge in [-0.2, -0.15) is 5.26 Å². The number of furan rings is 1. The maximum absolute atomic E-state index is 9.64. The molecule has 0 radical (unpaired) electrons. The number of rotatable bonds is 3. The molecule has 10 aromatic rings. The molecule has 4 aliphatic carbocycles. The maximum atomic E-state index is 9.64. The molecule has 4 aliphatic rings. The standard InChI is InChI=1S/C51H36N2OS/c52-28-30-12-18-45-40(21-30)41-23-35(14-19-46(41)54-45)51-26-31-20-32(27-51)25-50(24-31,29-51)34-13-15-36-33(22-34)6-5-10-42(36)53-43-9-3-1-8-39(43)48-44(53)17-16-38-37-7-2-4-11-47(37)55-49(38)48/h1-19,21-23,31-32H,20,24-27,29H2. The molecule has 4 fully saturated rings. The zero-order valence-electron chi connectivity index (χ0n) is 30.3. The highest BCUT2D eigenvalue weighted by Crippen LogP contribution is 2.66. The van der Waals surface area contributed by atoms with Crippen molar-refractivity contribution in [1.82, 2.24) is 4.57 Å². The molecule has 3 heterocycles. The first kappa shape index (κ1) is 30.4. The molecule has 4 saturated carbocycles. The fourth-order valence-electron chi connectivity index (χ4n) is 12.4. The first-order valence-corrected chi connectivity index (χ1v) is 20.6. The molecule has 0 saturated heterocycles. The Balaban J connectivity index is 0.951. The Kier molecular flexibility index (Phi) is 5.90. The number of para-hydroxylation sites is 1. The lowest BCUT2D eigenvalue weighted by molar-refractivity contribution is -0.0280. The third-order valence-corrected chi connectivity index (χ3v) is 15.4. The van der Waals surface area contributed by atoms with Crippen LogP contribution in [0, 0.1) is 23.2 Å². The van der Waals surface area contributed by atoms with Gasteiger partial charge in [0.05, 0.1) is 28.4 Å². The van der Waals surface area contributed by atoms with Crippen molar-refractivity contribution in [1.29, 1.82) is 5.26 Å². The average molecular weight is 725 g/mol. The monoisotopic (exact) mass is 724 g/mol. The molecule has 2 unspecified atom stereocenters. The molecular formula is C51H36N2OS. The van der Waals surface area contributed by atoms with Gasteiger partial charge in [0.25, 0.3) is 0 Å². The van der Waals surface area contributed by atoms with Crippen molar-refractivity contribution in [3.8, 4) is 11.8 Å². The molecule has 4 heteroatoms. The molecule has 0 spiro atoms. The SMILES string of the molecule is N#Cc1ccc2oc3ccc(C45CC6CC(CC(c7ccc8c(-n9c%10ccccc%10c%10c%11sc%12ccccc%12c%11ccc%109)cccc8c7)(C6)C4)C5)cc3c2c1. The van der Waals surface area contributed by atoms with Crippen LogP contribution in [0.3, 0.4) is 0 Å². The minimum absolute atomic E-state index is 0.159. The van der Waals surface area contributed by atoms with Gasteiger partial charge in [0.2, 0.25) is 0 Å². The van der Waals surface area contributed by atoms with Crippen LogP contribution >= 0.6 is 11.3 Å². The Morgan fingerprint density at radius 2 is 1.31 bits per heavy atom. The lowest BCUT2D eigenvalue weighted by Gasteiger charge is -2.63. The van der Waals surface area contributed by atoms with E-state index < -0.39 is 0 Å². The summed E-state index contributed by atoms with van der Waals surface area (Å²) in [6.07, 6.45) is 7.68. The third kappa shape index (κ3) is 4.09. The normalized spacial score (nSPS) is 23.3. The van der Waals surface area contributed by atoms with Crippen molar-refractivity contribution < 1.29 is 4.42 Å². The van der Waals surface area contributed by atoms with Crippen molar-refractivity contribution in [2.24, 2.45) is 11.8 Å². The minimum Gasteiger partial charge on any atom is -0.456 e. The summed E-state index contributed by atoms with van der Waals surface area (Å²) in [5, 5.41) is 19.8. The quantitative estimate of drug-likeness (QED) is 0.182. The van der Waals surface area contributed by atoms with Crippen molar-refractivity contribution in [2.75, 3.05) is 0 Å². The van der Waals surface area contributed by atoms with E-state index in [0.29, 0.717) is 5.56 Å². The molecule has 262 valence electrons. The van der Waals surface area contributed by atoms with Crippen LogP contribution in [0.5, 0.6) is 0 Å². The summed E-state index contributed by atoms with van der Waals surface area (Å²) in [6.45, 7) is 0. The van der Waals surface area contributed by atoms with Crippen LogP contribution in [0.25, 0.3) is 80.4 Å². The number of benzene rings is 7. The number of nitriles is 1. The highest BCUT2D eigenvalue weighted by atomic mass is 32.1. The summed E-state index contributed by atoms with van der Waals surface area (Å²) in [6, 6.07) is 52.0. The predicted molar refractivity (Wildman–Crippen MR) is 228 cm³/mol. The van der Waals surface area contributed by atoms with Crippen molar-refractivity contribution in [3.05, 3.63) is 150 Å². The van der Waals surface area contributed by atoms with Crippen molar-refractivity contribution >= 4 is 86.0 Å². The Bertz CT molecular complexity index is 3320. The first-order chi connectivity index (χ1) is 27.1. The van der Waals surface area contributed by atoms with E-state index >= 15 is 0 Å². The first-order valence-electron chi connectivity index (χ1n) is 19.8. The summed E-state index contributed by atoms with van der Waals surface area (Å²) in [5.74, 6) is 1.49. The average Bonchev–Trinajstić information content (AvgIpc) is 3.89. The smallest absolute Gasteiger partial charge is 0.135 e. The molecule has 3 aromatic heterocycles. The van der Waals surface area contributed by atoms with Gasteiger partial charge in [0.15, 0.2) is 0 Å². The van der Waals surface area contributed by atoms with Gasteiger partial charge in [0.1, 0.15) is 11.2 Å². The summed E-state index contributed by atoms with van der Waals surface area (Å²) in [7, 11) is 0.